The van der Waals surface area contributed by atoms with E-state index >= 15 is 0 Å². The van der Waals surface area contributed by atoms with E-state index in [4.69, 9.17) is 4.74 Å². The molecule has 3 heteroatoms. The van der Waals surface area contributed by atoms with Crippen molar-refractivity contribution in [3.8, 4) is 0 Å². The summed E-state index contributed by atoms with van der Waals surface area (Å²) in [6.45, 7) is 14.8. The second-order valence-corrected chi connectivity index (χ2v) is 14.3. The number of para-hydroxylation sites is 1. The number of carbonyl (C=O) groups excluding carboxylic acids is 1. The molecule has 0 bridgehead atoms. The number of carbonyl (C=O) groups is 1. The van der Waals surface area contributed by atoms with E-state index in [2.05, 4.69) is 65.1 Å². The molecule has 1 N–H and O–H groups in total. The monoisotopic (exact) mass is 531 g/mol. The third kappa shape index (κ3) is 5.49. The van der Waals surface area contributed by atoms with Gasteiger partial charge in [-0.15, -0.1) is 0 Å². The van der Waals surface area contributed by atoms with Gasteiger partial charge in [0.2, 0.25) is 0 Å². The van der Waals surface area contributed by atoms with Crippen LogP contribution in [0, 0.1) is 52.3 Å². The molecular weight excluding hydrogens is 478 g/mol. The molecular formula is C36H53NO2. The summed E-state index contributed by atoms with van der Waals surface area (Å²) in [6.07, 6.45) is 18.4. The van der Waals surface area contributed by atoms with Crippen LogP contribution >= 0.6 is 0 Å². The largest absolute Gasteiger partial charge is 0.446 e. The number of ether oxygens (including phenoxy) is 1. The van der Waals surface area contributed by atoms with E-state index in [9.17, 15) is 4.79 Å². The first-order valence-electron chi connectivity index (χ1n) is 16.1. The number of benzene rings is 1. The van der Waals surface area contributed by atoms with Crippen LogP contribution in [0.2, 0.25) is 0 Å². The molecule has 3 saturated carbocycles. The third-order valence-electron chi connectivity index (χ3n) is 12.1. The Morgan fingerprint density at radius 2 is 1.79 bits per heavy atom. The summed E-state index contributed by atoms with van der Waals surface area (Å²) in [7, 11) is 0. The number of allylic oxidation sites excluding steroid dienone is 3. The fraction of sp³-hybridized carbons (Fsp3) is 0.694. The van der Waals surface area contributed by atoms with Gasteiger partial charge in [-0.1, -0.05) is 83.5 Å². The van der Waals surface area contributed by atoms with Crippen molar-refractivity contribution >= 4 is 11.8 Å². The summed E-state index contributed by atoms with van der Waals surface area (Å²) < 4.78 is 5.92. The van der Waals surface area contributed by atoms with E-state index in [1.807, 2.05) is 30.3 Å². The number of anilines is 1. The van der Waals surface area contributed by atoms with Gasteiger partial charge in [-0.3, -0.25) is 5.32 Å². The standard InChI is InChI=1S/C36H53NO2/c1-7-26(24(2)3)14-13-25(4)31-17-18-32-30-16-15-27-23-29(39-34(38)37-28-11-9-8-10-12-28)19-21-35(27,5)33(30)20-22-36(31,32)6/h8-15,24-26,29-33H,7,16-23H2,1-6H3,(H,37,38)/b14-13-/t25-,26+,29+,30+,31-,32+,33+,35+,36-/m1/s1. The topological polar surface area (TPSA) is 38.3 Å². The first-order valence-corrected chi connectivity index (χ1v) is 16.1. The maximum Gasteiger partial charge on any atom is 0.411 e. The normalized spacial score (nSPS) is 37.4. The summed E-state index contributed by atoms with van der Waals surface area (Å²) in [5.74, 6) is 5.37. The zero-order chi connectivity index (χ0) is 27.8. The van der Waals surface area contributed by atoms with E-state index in [0.717, 1.165) is 54.5 Å². The molecule has 0 saturated heterocycles. The molecule has 0 spiro atoms. The number of rotatable bonds is 7. The van der Waals surface area contributed by atoms with Crippen LogP contribution in [0.5, 0.6) is 0 Å². The Morgan fingerprint density at radius 3 is 2.51 bits per heavy atom. The molecule has 0 aromatic heterocycles. The molecule has 9 atom stereocenters. The van der Waals surface area contributed by atoms with Crippen molar-refractivity contribution in [2.24, 2.45) is 52.3 Å². The second kappa shape index (κ2) is 11.5. The first-order chi connectivity index (χ1) is 18.7. The molecule has 0 heterocycles. The van der Waals surface area contributed by atoms with Crippen LogP contribution < -0.4 is 5.32 Å². The predicted octanol–water partition coefficient (Wildman–Crippen LogP) is 10.1. The van der Waals surface area contributed by atoms with Crippen molar-refractivity contribution in [3.05, 3.63) is 54.1 Å². The Morgan fingerprint density at radius 1 is 1.03 bits per heavy atom. The van der Waals surface area contributed by atoms with Gasteiger partial charge in [-0.2, -0.15) is 0 Å². The van der Waals surface area contributed by atoms with E-state index in [-0.39, 0.29) is 17.6 Å². The molecule has 5 rings (SSSR count). The van der Waals surface area contributed by atoms with Gasteiger partial charge in [0.05, 0.1) is 0 Å². The first kappa shape index (κ1) is 28.5. The molecule has 0 aliphatic heterocycles. The lowest BCUT2D eigenvalue weighted by atomic mass is 9.47. The number of hydrogen-bond donors (Lipinski definition) is 1. The molecule has 0 unspecified atom stereocenters. The Kier molecular flexibility index (Phi) is 8.37. The fourth-order valence-electron chi connectivity index (χ4n) is 9.73. The molecule has 1 aromatic carbocycles. The smallest absolute Gasteiger partial charge is 0.411 e. The molecule has 1 amide bonds. The van der Waals surface area contributed by atoms with Gasteiger partial charge in [0.25, 0.3) is 0 Å². The van der Waals surface area contributed by atoms with Gasteiger partial charge in [0.1, 0.15) is 6.10 Å². The second-order valence-electron chi connectivity index (χ2n) is 14.3. The number of nitrogens with one attached hydrogen (secondary N) is 1. The molecule has 0 radical (unpaired) electrons. The lowest BCUT2D eigenvalue weighted by Gasteiger charge is -2.58. The van der Waals surface area contributed by atoms with E-state index in [1.165, 1.54) is 38.5 Å². The van der Waals surface area contributed by atoms with Crippen LogP contribution in [0.25, 0.3) is 0 Å². The van der Waals surface area contributed by atoms with Gasteiger partial charge in [0, 0.05) is 12.1 Å². The minimum Gasteiger partial charge on any atom is -0.446 e. The molecule has 3 fully saturated rings. The highest BCUT2D eigenvalue weighted by atomic mass is 16.6. The highest BCUT2D eigenvalue weighted by Gasteiger charge is 2.59. The maximum atomic E-state index is 12.6. The highest BCUT2D eigenvalue weighted by Crippen LogP contribution is 2.67. The van der Waals surface area contributed by atoms with Gasteiger partial charge in [0.15, 0.2) is 0 Å². The van der Waals surface area contributed by atoms with Gasteiger partial charge < -0.3 is 4.74 Å². The third-order valence-corrected chi connectivity index (χ3v) is 12.1. The highest BCUT2D eigenvalue weighted by molar-refractivity contribution is 5.84. The maximum absolute atomic E-state index is 12.6. The van der Waals surface area contributed by atoms with Crippen molar-refractivity contribution < 1.29 is 9.53 Å². The zero-order valence-electron chi connectivity index (χ0n) is 25.4. The van der Waals surface area contributed by atoms with Crippen LogP contribution in [0.4, 0.5) is 10.5 Å². The predicted molar refractivity (Wildman–Crippen MR) is 162 cm³/mol. The quantitative estimate of drug-likeness (QED) is 0.355. The molecule has 1 aromatic rings. The van der Waals surface area contributed by atoms with Crippen molar-refractivity contribution in [3.63, 3.8) is 0 Å². The van der Waals surface area contributed by atoms with E-state index in [0.29, 0.717) is 17.3 Å². The Labute approximate surface area is 238 Å². The number of amides is 1. The minimum absolute atomic E-state index is 0.0141. The van der Waals surface area contributed by atoms with Crippen molar-refractivity contribution in [1.82, 2.24) is 0 Å². The van der Waals surface area contributed by atoms with Gasteiger partial charge in [-0.05, 0) is 116 Å². The molecule has 214 valence electrons. The van der Waals surface area contributed by atoms with Crippen LogP contribution in [0.1, 0.15) is 99.3 Å². The zero-order valence-corrected chi connectivity index (χ0v) is 25.4. The average Bonchev–Trinajstić information content (AvgIpc) is 3.27. The van der Waals surface area contributed by atoms with Gasteiger partial charge >= 0.3 is 6.09 Å². The van der Waals surface area contributed by atoms with E-state index in [1.54, 1.807) is 5.57 Å². The van der Waals surface area contributed by atoms with Crippen LogP contribution in [-0.4, -0.2) is 12.2 Å². The van der Waals surface area contributed by atoms with Gasteiger partial charge in [-0.25, -0.2) is 4.79 Å². The summed E-state index contributed by atoms with van der Waals surface area (Å²) in [6, 6.07) is 9.61. The summed E-state index contributed by atoms with van der Waals surface area (Å²) >= 11 is 0. The fourth-order valence-corrected chi connectivity index (χ4v) is 9.73. The molecule has 4 aliphatic rings. The lowest BCUT2D eigenvalue weighted by molar-refractivity contribution is -0.0545. The van der Waals surface area contributed by atoms with Crippen LogP contribution in [0.15, 0.2) is 54.1 Å². The van der Waals surface area contributed by atoms with Crippen molar-refractivity contribution in [2.45, 2.75) is 105 Å². The summed E-state index contributed by atoms with van der Waals surface area (Å²) in [5.41, 5.74) is 3.11. The molecule has 3 nitrogen and oxygen atoms in total. The number of fused-ring (bicyclic) bond motifs is 5. The van der Waals surface area contributed by atoms with Crippen molar-refractivity contribution in [2.75, 3.05) is 5.32 Å². The summed E-state index contributed by atoms with van der Waals surface area (Å²) in [4.78, 5) is 12.6. The minimum atomic E-state index is -0.323. The SMILES string of the molecule is CC[C@@H](/C=C\[C@@H](C)[C@H]1CC[C@H]2[C@@H]3CC=C4C[C@@H](OC(=O)Nc5ccccc5)CC[C@]4(C)[C@H]3CC[C@]12C)C(C)C. The lowest BCUT2D eigenvalue weighted by Crippen LogP contribution is -2.51. The Balaban J connectivity index is 1.24. The average molecular weight is 532 g/mol. The van der Waals surface area contributed by atoms with Crippen molar-refractivity contribution in [1.29, 1.82) is 0 Å². The Hall–Kier alpha value is -2.03. The molecule has 4 aliphatic carbocycles. The van der Waals surface area contributed by atoms with E-state index < -0.39 is 0 Å². The number of hydrogen-bond acceptors (Lipinski definition) is 2. The molecule has 39 heavy (non-hydrogen) atoms. The summed E-state index contributed by atoms with van der Waals surface area (Å²) in [5, 5.41) is 2.90. The van der Waals surface area contributed by atoms with Crippen LogP contribution in [0.3, 0.4) is 0 Å². The van der Waals surface area contributed by atoms with Crippen LogP contribution in [-0.2, 0) is 4.74 Å². The Bertz CT molecular complexity index is 1060.